The fraction of sp³-hybridized carbons (Fsp3) is 0.308. The summed E-state index contributed by atoms with van der Waals surface area (Å²) in [5.41, 5.74) is 4.54. The van der Waals surface area contributed by atoms with Gasteiger partial charge >= 0.3 is 5.97 Å². The van der Waals surface area contributed by atoms with Gasteiger partial charge in [0.1, 0.15) is 5.75 Å². The average molecular weight is 457 g/mol. The van der Waals surface area contributed by atoms with Crippen LogP contribution in [0.2, 0.25) is 0 Å². The smallest absolute Gasteiger partial charge is 0.303 e. The lowest BCUT2D eigenvalue weighted by atomic mass is 9.86. The number of carboxylic acids is 1. The van der Waals surface area contributed by atoms with Crippen molar-refractivity contribution in [1.29, 1.82) is 0 Å². The van der Waals surface area contributed by atoms with Gasteiger partial charge in [-0.1, -0.05) is 12.1 Å². The Morgan fingerprint density at radius 1 is 1.26 bits per heavy atom. The third-order valence-corrected chi connectivity index (χ3v) is 6.84. The summed E-state index contributed by atoms with van der Waals surface area (Å²) in [5, 5.41) is 19.0. The van der Waals surface area contributed by atoms with Gasteiger partial charge in [0.2, 0.25) is 5.91 Å². The van der Waals surface area contributed by atoms with Gasteiger partial charge in [-0.2, -0.15) is 5.10 Å². The summed E-state index contributed by atoms with van der Waals surface area (Å²) in [5.74, 6) is -0.317. The summed E-state index contributed by atoms with van der Waals surface area (Å²) in [6.07, 6.45) is 4.24. The highest BCUT2D eigenvalue weighted by Gasteiger charge is 2.61. The molecule has 8 heteroatoms. The minimum absolute atomic E-state index is 0.0547. The zero-order valence-corrected chi connectivity index (χ0v) is 18.5. The van der Waals surface area contributed by atoms with E-state index in [9.17, 15) is 9.59 Å². The van der Waals surface area contributed by atoms with Crippen LogP contribution >= 0.6 is 0 Å². The summed E-state index contributed by atoms with van der Waals surface area (Å²) in [6.45, 7) is 7.88. The number of carbonyl (C=O) groups excluding carboxylic acids is 1. The molecule has 1 aliphatic heterocycles. The summed E-state index contributed by atoms with van der Waals surface area (Å²) in [7, 11) is 0. The zero-order chi connectivity index (χ0) is 23.7. The van der Waals surface area contributed by atoms with Crippen molar-refractivity contribution in [3.05, 3.63) is 71.2 Å². The van der Waals surface area contributed by atoms with Crippen LogP contribution in [0.15, 0.2) is 48.7 Å². The number of rotatable bonds is 7. The van der Waals surface area contributed by atoms with Gasteiger partial charge in [0, 0.05) is 40.8 Å². The first-order chi connectivity index (χ1) is 16.5. The molecule has 2 aromatic carbocycles. The summed E-state index contributed by atoms with van der Waals surface area (Å²) >= 11 is 0. The number of carboxylic acid groups (broad SMARTS) is 1. The monoisotopic (exact) mass is 456 g/mol. The minimum Gasteiger partial charge on any atom is -0.493 e. The van der Waals surface area contributed by atoms with Gasteiger partial charge in [-0.05, 0) is 61.6 Å². The van der Waals surface area contributed by atoms with E-state index in [1.165, 1.54) is 0 Å². The number of aryl methyl sites for hydroxylation is 1. The topological polar surface area (TPSA) is 109 Å². The molecule has 1 spiro atoms. The Morgan fingerprint density at radius 2 is 2.15 bits per heavy atom. The molecule has 1 aromatic heterocycles. The van der Waals surface area contributed by atoms with Crippen LogP contribution < -0.4 is 10.1 Å². The van der Waals surface area contributed by atoms with Crippen LogP contribution in [0.1, 0.15) is 36.8 Å². The maximum absolute atomic E-state index is 13.4. The molecule has 2 heterocycles. The second-order valence-electron chi connectivity index (χ2n) is 8.88. The van der Waals surface area contributed by atoms with Gasteiger partial charge in [0.15, 0.2) is 5.69 Å². The molecule has 1 fully saturated rings. The summed E-state index contributed by atoms with van der Waals surface area (Å²) in [6, 6.07) is 13.1. The number of anilines is 1. The van der Waals surface area contributed by atoms with Gasteiger partial charge < -0.3 is 15.2 Å². The normalized spacial score (nSPS) is 20.1. The van der Waals surface area contributed by atoms with Crippen molar-refractivity contribution in [3.63, 3.8) is 0 Å². The number of hydrogen-bond acceptors (Lipinski definition) is 4. The number of H-pyrrole nitrogens is 1. The number of fused-ring (bicyclic) bond motifs is 2. The summed E-state index contributed by atoms with van der Waals surface area (Å²) in [4.78, 5) is 27.7. The van der Waals surface area contributed by atoms with Crippen molar-refractivity contribution in [2.45, 2.75) is 37.5 Å². The van der Waals surface area contributed by atoms with Crippen LogP contribution in [0.4, 0.5) is 11.4 Å². The lowest BCUT2D eigenvalue weighted by molar-refractivity contribution is -0.137. The van der Waals surface area contributed by atoms with Crippen molar-refractivity contribution in [2.75, 3.05) is 11.9 Å². The Bertz CT molecular complexity index is 1290. The molecule has 3 aromatic rings. The van der Waals surface area contributed by atoms with Crippen molar-refractivity contribution in [3.8, 4) is 17.0 Å². The molecule has 1 amide bonds. The van der Waals surface area contributed by atoms with E-state index in [2.05, 4.69) is 26.4 Å². The highest BCUT2D eigenvalue weighted by Crippen LogP contribution is 2.61. The molecule has 1 aliphatic carbocycles. The van der Waals surface area contributed by atoms with Crippen LogP contribution in [0.25, 0.3) is 16.1 Å². The molecule has 2 atom stereocenters. The predicted octanol–water partition coefficient (Wildman–Crippen LogP) is 4.71. The zero-order valence-electron chi connectivity index (χ0n) is 18.5. The van der Waals surface area contributed by atoms with Crippen molar-refractivity contribution in [1.82, 2.24) is 10.2 Å². The highest BCUT2D eigenvalue weighted by atomic mass is 16.5. The number of carbonyl (C=O) groups is 2. The third kappa shape index (κ3) is 4.01. The van der Waals surface area contributed by atoms with E-state index in [4.69, 9.17) is 16.4 Å². The quantitative estimate of drug-likeness (QED) is 0.446. The Labute approximate surface area is 196 Å². The van der Waals surface area contributed by atoms with Gasteiger partial charge in [0.05, 0.1) is 18.9 Å². The molecule has 0 unspecified atom stereocenters. The average Bonchev–Trinajstić information content (AvgIpc) is 3.28. The predicted molar refractivity (Wildman–Crippen MR) is 126 cm³/mol. The Balaban J connectivity index is 1.38. The van der Waals surface area contributed by atoms with Crippen LogP contribution in [-0.2, 0) is 21.4 Å². The van der Waals surface area contributed by atoms with Crippen molar-refractivity contribution in [2.24, 2.45) is 5.92 Å². The van der Waals surface area contributed by atoms with Crippen molar-refractivity contribution >= 4 is 23.3 Å². The number of ether oxygens (including phenoxy) is 1. The van der Waals surface area contributed by atoms with E-state index in [0.717, 1.165) is 41.0 Å². The standard InChI is InChI=1S/C26H24N4O4/c1-27-18-7-5-16(3-2-4-24(31)32)22(14-18)29-25(33)20-15-26(20)10-12-34-23-8-6-17(13-19(23)26)21-9-11-28-30-21/h5-9,11,13-14,20H,2-4,10,12,15H2,(H,28,30)(H,29,33)(H,31,32)/t20-,26-/m0/s1. The number of aromatic amines is 1. The number of amides is 1. The van der Waals surface area contributed by atoms with Crippen molar-refractivity contribution < 1.29 is 19.4 Å². The van der Waals surface area contributed by atoms with E-state index in [-0.39, 0.29) is 23.7 Å². The van der Waals surface area contributed by atoms with E-state index in [1.807, 2.05) is 18.2 Å². The molecule has 0 saturated heterocycles. The lowest BCUT2D eigenvalue weighted by Gasteiger charge is -2.27. The molecular formula is C26H24N4O4. The first kappa shape index (κ1) is 21.7. The number of aliphatic carboxylic acids is 1. The number of benzene rings is 2. The van der Waals surface area contributed by atoms with Gasteiger partial charge in [0.25, 0.3) is 0 Å². The second kappa shape index (κ2) is 8.67. The Hall–Kier alpha value is -4.12. The lowest BCUT2D eigenvalue weighted by Crippen LogP contribution is -2.27. The molecule has 34 heavy (non-hydrogen) atoms. The molecule has 172 valence electrons. The van der Waals surface area contributed by atoms with Gasteiger partial charge in [-0.15, -0.1) is 0 Å². The van der Waals surface area contributed by atoms with E-state index in [0.29, 0.717) is 30.8 Å². The Morgan fingerprint density at radius 3 is 2.91 bits per heavy atom. The molecule has 1 saturated carbocycles. The third-order valence-electron chi connectivity index (χ3n) is 6.84. The molecule has 0 radical (unpaired) electrons. The van der Waals surface area contributed by atoms with E-state index in [1.54, 1.807) is 24.4 Å². The molecule has 3 N–H and O–H groups in total. The first-order valence-corrected chi connectivity index (χ1v) is 11.3. The van der Waals surface area contributed by atoms with Crippen LogP contribution in [0.3, 0.4) is 0 Å². The number of nitrogens with zero attached hydrogens (tertiary/aromatic N) is 2. The molecule has 5 rings (SSSR count). The second-order valence-corrected chi connectivity index (χ2v) is 8.88. The fourth-order valence-corrected chi connectivity index (χ4v) is 4.95. The summed E-state index contributed by atoms with van der Waals surface area (Å²) < 4.78 is 5.89. The minimum atomic E-state index is -0.851. The maximum Gasteiger partial charge on any atom is 0.303 e. The van der Waals surface area contributed by atoms with E-state index < -0.39 is 5.97 Å². The van der Waals surface area contributed by atoms with Gasteiger partial charge in [-0.25, -0.2) is 4.85 Å². The SMILES string of the molecule is [C-]#[N+]c1ccc(CCCC(=O)O)c(NC(=O)[C@@H]2C[C@]23CCOc2ccc(-c4ccn[nH]4)cc23)c1. The highest BCUT2D eigenvalue weighted by molar-refractivity contribution is 5.97. The first-order valence-electron chi connectivity index (χ1n) is 11.3. The van der Waals surface area contributed by atoms with Crippen LogP contribution in [-0.4, -0.2) is 33.8 Å². The molecule has 0 bridgehead atoms. The Kier molecular flexibility index (Phi) is 5.54. The maximum atomic E-state index is 13.4. The number of nitrogens with one attached hydrogen (secondary N) is 2. The number of hydrogen-bond donors (Lipinski definition) is 3. The largest absolute Gasteiger partial charge is 0.493 e. The fourth-order valence-electron chi connectivity index (χ4n) is 4.95. The van der Waals surface area contributed by atoms with Gasteiger partial charge in [-0.3, -0.25) is 14.7 Å². The molecular weight excluding hydrogens is 432 g/mol. The van der Waals surface area contributed by atoms with Crippen LogP contribution in [0, 0.1) is 12.5 Å². The molecule has 8 nitrogen and oxygen atoms in total. The van der Waals surface area contributed by atoms with Crippen LogP contribution in [0.5, 0.6) is 5.75 Å². The van der Waals surface area contributed by atoms with E-state index >= 15 is 0 Å². The number of aromatic nitrogens is 2. The molecule has 2 aliphatic rings.